The van der Waals surface area contributed by atoms with E-state index in [0.717, 1.165) is 5.69 Å². The lowest BCUT2D eigenvalue weighted by atomic mass is 9.96. The van der Waals surface area contributed by atoms with Crippen LogP contribution in [0.4, 0.5) is 0 Å². The minimum absolute atomic E-state index is 1.06. The first kappa shape index (κ1) is 23.4. The Morgan fingerprint density at radius 1 is 0.390 bits per heavy atom. The summed E-state index contributed by atoms with van der Waals surface area (Å²) in [5.74, 6) is 0. The fourth-order valence-electron chi connectivity index (χ4n) is 6.01. The van der Waals surface area contributed by atoms with Gasteiger partial charge in [0.25, 0.3) is 0 Å². The molecule has 8 aromatic rings. The molecule has 0 bridgehead atoms. The van der Waals surface area contributed by atoms with Crippen LogP contribution in [-0.4, -0.2) is 9.55 Å². The lowest BCUT2D eigenvalue weighted by Crippen LogP contribution is -1.94. The predicted octanol–water partition coefficient (Wildman–Crippen LogP) is 10.3. The maximum Gasteiger partial charge on any atom is 0.0645 e. The molecule has 2 heterocycles. The van der Waals surface area contributed by atoms with Gasteiger partial charge in [-0.25, -0.2) is 0 Å². The van der Waals surface area contributed by atoms with Crippen LogP contribution in [0.2, 0.25) is 0 Å². The quantitative estimate of drug-likeness (QED) is 0.225. The van der Waals surface area contributed by atoms with Crippen LogP contribution < -0.4 is 0 Å². The molecule has 0 aliphatic rings. The largest absolute Gasteiger partial charge is 0.308 e. The van der Waals surface area contributed by atoms with Crippen LogP contribution >= 0.6 is 0 Å². The highest BCUT2D eigenvalue weighted by atomic mass is 15.0. The number of pyridine rings is 1. The number of nitrogens with zero attached hydrogens (tertiary/aromatic N) is 2. The zero-order valence-electron chi connectivity index (χ0n) is 22.4. The fraction of sp³-hybridized carbons (Fsp3) is 0. The van der Waals surface area contributed by atoms with Gasteiger partial charge in [-0.05, 0) is 92.7 Å². The molecular weight excluding hydrogens is 496 g/mol. The zero-order valence-corrected chi connectivity index (χ0v) is 22.4. The second-order valence-corrected chi connectivity index (χ2v) is 10.5. The third-order valence-electron chi connectivity index (χ3n) is 8.06. The molecule has 2 aromatic heterocycles. The zero-order chi connectivity index (χ0) is 27.2. The Balaban J connectivity index is 1.30. The second-order valence-electron chi connectivity index (χ2n) is 10.5. The van der Waals surface area contributed by atoms with E-state index >= 15 is 0 Å². The molecule has 0 unspecified atom stereocenters. The van der Waals surface area contributed by atoms with E-state index in [1.165, 1.54) is 66.0 Å². The van der Waals surface area contributed by atoms with Gasteiger partial charge in [-0.3, -0.25) is 4.98 Å². The van der Waals surface area contributed by atoms with E-state index in [4.69, 9.17) is 0 Å². The highest BCUT2D eigenvalue weighted by molar-refractivity contribution is 6.11. The van der Waals surface area contributed by atoms with E-state index in [-0.39, 0.29) is 0 Å². The van der Waals surface area contributed by atoms with Crippen LogP contribution in [0.3, 0.4) is 0 Å². The number of fused-ring (bicyclic) bond motifs is 4. The lowest BCUT2D eigenvalue weighted by molar-refractivity contribution is 1.14. The smallest absolute Gasteiger partial charge is 0.0645 e. The first-order chi connectivity index (χ1) is 20.3. The van der Waals surface area contributed by atoms with Gasteiger partial charge in [0.2, 0.25) is 0 Å². The minimum atomic E-state index is 1.06. The molecule has 0 fully saturated rings. The van der Waals surface area contributed by atoms with Gasteiger partial charge in [0, 0.05) is 17.0 Å². The molecule has 0 radical (unpaired) electrons. The summed E-state index contributed by atoms with van der Waals surface area (Å²) in [7, 11) is 0. The Bertz CT molecular complexity index is 2180. The molecule has 0 atom stereocenters. The number of benzene rings is 6. The summed E-state index contributed by atoms with van der Waals surface area (Å²) < 4.78 is 2.32. The minimum Gasteiger partial charge on any atom is -0.308 e. The third-order valence-corrected chi connectivity index (χ3v) is 8.06. The molecule has 2 nitrogen and oxygen atoms in total. The molecule has 0 aliphatic carbocycles. The molecule has 0 aliphatic heterocycles. The second kappa shape index (κ2) is 9.62. The van der Waals surface area contributed by atoms with Crippen molar-refractivity contribution in [3.05, 3.63) is 158 Å². The summed E-state index contributed by atoms with van der Waals surface area (Å²) in [6.07, 6.45) is 3.76. The van der Waals surface area contributed by atoms with Crippen molar-refractivity contribution in [3.63, 3.8) is 0 Å². The van der Waals surface area contributed by atoms with Gasteiger partial charge in [0.15, 0.2) is 0 Å². The first-order valence-electron chi connectivity index (χ1n) is 14.0. The van der Waals surface area contributed by atoms with Crippen LogP contribution in [0.5, 0.6) is 0 Å². The van der Waals surface area contributed by atoms with E-state index in [2.05, 4.69) is 149 Å². The van der Waals surface area contributed by atoms with Gasteiger partial charge in [0.05, 0.1) is 22.9 Å². The van der Waals surface area contributed by atoms with Gasteiger partial charge in [0.1, 0.15) is 0 Å². The standard InChI is InChI=1S/C39H26N2/c1-3-8-27(9-4-1)29-13-14-31-23-32(16-15-30(31)22-29)34-18-20-39-37(25-34)36-24-33(28-10-5-2-6-11-28)17-19-38(36)41(39)35-12-7-21-40-26-35/h1-26H. The third kappa shape index (κ3) is 4.09. The van der Waals surface area contributed by atoms with Crippen molar-refractivity contribution >= 4 is 32.6 Å². The molecule has 0 N–H and O–H groups in total. The van der Waals surface area contributed by atoms with E-state index in [9.17, 15) is 0 Å². The van der Waals surface area contributed by atoms with Crippen molar-refractivity contribution in [2.45, 2.75) is 0 Å². The first-order valence-corrected chi connectivity index (χ1v) is 14.0. The maximum absolute atomic E-state index is 4.42. The Hall–Kier alpha value is -5.47. The van der Waals surface area contributed by atoms with Crippen molar-refractivity contribution in [1.29, 1.82) is 0 Å². The highest BCUT2D eigenvalue weighted by Crippen LogP contribution is 2.37. The van der Waals surface area contributed by atoms with E-state index in [0.29, 0.717) is 0 Å². The molecule has 8 rings (SSSR count). The SMILES string of the molecule is c1ccc(-c2ccc3cc(-c4ccc5c(c4)c4cc(-c6ccccc6)ccc4n5-c4cccnc4)ccc3c2)cc1. The number of hydrogen-bond donors (Lipinski definition) is 0. The van der Waals surface area contributed by atoms with Crippen LogP contribution in [0, 0.1) is 0 Å². The van der Waals surface area contributed by atoms with Crippen molar-refractivity contribution in [1.82, 2.24) is 9.55 Å². The predicted molar refractivity (Wildman–Crippen MR) is 172 cm³/mol. The molecular formula is C39H26N2. The van der Waals surface area contributed by atoms with Crippen molar-refractivity contribution < 1.29 is 0 Å². The molecule has 192 valence electrons. The molecule has 0 saturated heterocycles. The van der Waals surface area contributed by atoms with Gasteiger partial charge < -0.3 is 4.57 Å². The summed E-state index contributed by atoms with van der Waals surface area (Å²) in [5, 5.41) is 4.96. The summed E-state index contributed by atoms with van der Waals surface area (Å²) in [4.78, 5) is 4.42. The van der Waals surface area contributed by atoms with E-state index in [1.807, 2.05) is 18.5 Å². The van der Waals surface area contributed by atoms with Crippen LogP contribution in [0.25, 0.3) is 71.6 Å². The van der Waals surface area contributed by atoms with E-state index < -0.39 is 0 Å². The summed E-state index contributed by atoms with van der Waals surface area (Å²) >= 11 is 0. The summed E-state index contributed by atoms with van der Waals surface area (Å²) in [5.41, 5.74) is 10.8. The van der Waals surface area contributed by atoms with Crippen LogP contribution in [-0.2, 0) is 0 Å². The highest BCUT2D eigenvalue weighted by Gasteiger charge is 2.15. The molecule has 2 heteroatoms. The van der Waals surface area contributed by atoms with Crippen molar-refractivity contribution in [2.24, 2.45) is 0 Å². The molecule has 0 amide bonds. The Morgan fingerprint density at radius 3 is 1.41 bits per heavy atom. The monoisotopic (exact) mass is 522 g/mol. The topological polar surface area (TPSA) is 17.8 Å². The normalized spacial score (nSPS) is 11.4. The fourth-order valence-corrected chi connectivity index (χ4v) is 6.01. The molecule has 6 aromatic carbocycles. The van der Waals surface area contributed by atoms with Crippen molar-refractivity contribution in [3.8, 4) is 39.1 Å². The Labute approximate surface area is 238 Å². The van der Waals surface area contributed by atoms with Gasteiger partial charge in [-0.15, -0.1) is 0 Å². The molecule has 0 spiro atoms. The average molecular weight is 523 g/mol. The maximum atomic E-state index is 4.42. The lowest BCUT2D eigenvalue weighted by Gasteiger charge is -2.09. The van der Waals surface area contributed by atoms with Gasteiger partial charge in [-0.1, -0.05) is 97.1 Å². The Morgan fingerprint density at radius 2 is 0.878 bits per heavy atom. The van der Waals surface area contributed by atoms with Crippen LogP contribution in [0.15, 0.2) is 158 Å². The molecule has 41 heavy (non-hydrogen) atoms. The van der Waals surface area contributed by atoms with Crippen molar-refractivity contribution in [2.75, 3.05) is 0 Å². The van der Waals surface area contributed by atoms with Crippen LogP contribution in [0.1, 0.15) is 0 Å². The van der Waals surface area contributed by atoms with E-state index in [1.54, 1.807) is 0 Å². The number of hydrogen-bond acceptors (Lipinski definition) is 1. The average Bonchev–Trinajstić information content (AvgIpc) is 3.38. The number of rotatable bonds is 4. The molecule has 0 saturated carbocycles. The van der Waals surface area contributed by atoms with Gasteiger partial charge in [-0.2, -0.15) is 0 Å². The Kier molecular flexibility index (Phi) is 5.49. The summed E-state index contributed by atoms with van der Waals surface area (Å²) in [6, 6.07) is 52.4. The number of aromatic nitrogens is 2. The van der Waals surface area contributed by atoms with Gasteiger partial charge >= 0.3 is 0 Å². The summed E-state index contributed by atoms with van der Waals surface area (Å²) in [6.45, 7) is 0.